The van der Waals surface area contributed by atoms with Crippen LogP contribution in [0.3, 0.4) is 0 Å². The van der Waals surface area contributed by atoms with Crippen LogP contribution in [0.15, 0.2) is 29.1 Å². The van der Waals surface area contributed by atoms with E-state index in [0.29, 0.717) is 12.1 Å². The van der Waals surface area contributed by atoms with E-state index < -0.39 is 11.9 Å². The van der Waals surface area contributed by atoms with Crippen LogP contribution >= 0.6 is 11.6 Å². The Hall–Kier alpha value is -2.39. The topological polar surface area (TPSA) is 72.4 Å². The molecular formula is C18H18ClF3N4O2. The molecule has 0 fully saturated rings. The molecule has 150 valence electrons. The van der Waals surface area contributed by atoms with Crippen LogP contribution in [0.5, 0.6) is 0 Å². The van der Waals surface area contributed by atoms with Crippen molar-refractivity contribution < 1.29 is 18.3 Å². The van der Waals surface area contributed by atoms with Gasteiger partial charge in [-0.1, -0.05) is 24.6 Å². The third kappa shape index (κ3) is 3.90. The van der Waals surface area contributed by atoms with E-state index in [1.165, 1.54) is 10.5 Å². The van der Waals surface area contributed by atoms with Crippen LogP contribution < -0.4 is 5.56 Å². The van der Waals surface area contributed by atoms with Gasteiger partial charge in [-0.05, 0) is 30.9 Å². The number of aliphatic hydroxyl groups excluding tert-OH is 1. The number of pyridine rings is 1. The lowest BCUT2D eigenvalue weighted by Crippen LogP contribution is -2.22. The van der Waals surface area contributed by atoms with Crippen LogP contribution in [0, 0.1) is 6.92 Å². The predicted molar refractivity (Wildman–Crippen MR) is 97.7 cm³/mol. The van der Waals surface area contributed by atoms with Crippen LogP contribution in [-0.2, 0) is 12.7 Å². The molecule has 0 bridgehead atoms. The minimum absolute atomic E-state index is 0.0173. The van der Waals surface area contributed by atoms with E-state index in [1.54, 1.807) is 6.07 Å². The zero-order valence-corrected chi connectivity index (χ0v) is 15.9. The first-order valence-corrected chi connectivity index (χ1v) is 8.93. The van der Waals surface area contributed by atoms with E-state index in [1.807, 2.05) is 19.9 Å². The van der Waals surface area contributed by atoms with Gasteiger partial charge < -0.3 is 5.11 Å². The molecule has 6 nitrogen and oxygen atoms in total. The highest BCUT2D eigenvalue weighted by atomic mass is 35.5. The summed E-state index contributed by atoms with van der Waals surface area (Å²) in [6, 6.07) is 5.47. The average Bonchev–Trinajstić information content (AvgIpc) is 2.96. The van der Waals surface area contributed by atoms with E-state index in [2.05, 4.69) is 10.1 Å². The quantitative estimate of drug-likeness (QED) is 0.694. The van der Waals surface area contributed by atoms with Crippen LogP contribution in [0.2, 0.25) is 5.15 Å². The lowest BCUT2D eigenvalue weighted by atomic mass is 9.99. The number of rotatable bonds is 5. The second kappa shape index (κ2) is 7.56. The zero-order valence-electron chi connectivity index (χ0n) is 15.2. The van der Waals surface area contributed by atoms with Gasteiger partial charge in [-0.15, -0.1) is 0 Å². The molecule has 3 aromatic heterocycles. The standard InChI is InChI=1S/C18H18ClF3N4O2/c1-10-3-4-15-23-12(7-16(28)26(15)17(10)11(2)5-6-27)9-25-14(19)8-13(24-25)18(20,21)22/h3-4,7-8,11,27H,5-6,9H2,1-2H3/t11-/m1/s1. The number of aryl methyl sites for hydroxylation is 1. The minimum atomic E-state index is -4.61. The number of hydrogen-bond acceptors (Lipinski definition) is 4. The molecule has 1 N–H and O–H groups in total. The van der Waals surface area contributed by atoms with E-state index in [9.17, 15) is 23.1 Å². The fraction of sp³-hybridized carbons (Fsp3) is 0.389. The molecule has 28 heavy (non-hydrogen) atoms. The van der Waals surface area contributed by atoms with Gasteiger partial charge in [0.2, 0.25) is 0 Å². The molecule has 3 heterocycles. The molecule has 0 aromatic carbocycles. The molecule has 0 saturated carbocycles. The number of fused-ring (bicyclic) bond motifs is 1. The summed E-state index contributed by atoms with van der Waals surface area (Å²) in [6.45, 7) is 3.58. The monoisotopic (exact) mass is 414 g/mol. The summed E-state index contributed by atoms with van der Waals surface area (Å²) < 4.78 is 40.8. The lowest BCUT2D eigenvalue weighted by molar-refractivity contribution is -0.141. The SMILES string of the molecule is Cc1ccc2nc(Cn3nc(C(F)(F)F)cc3Cl)cc(=O)n2c1[C@H](C)CCO. The summed E-state index contributed by atoms with van der Waals surface area (Å²) in [4.78, 5) is 17.1. The molecule has 0 aliphatic rings. The normalized spacial score (nSPS) is 13.2. The number of aromatic nitrogens is 4. The number of hydrogen-bond donors (Lipinski definition) is 1. The summed E-state index contributed by atoms with van der Waals surface area (Å²) in [5.41, 5.74) is 0.774. The Labute approximate surface area is 163 Å². The van der Waals surface area contributed by atoms with E-state index in [0.717, 1.165) is 22.0 Å². The van der Waals surface area contributed by atoms with Gasteiger partial charge in [-0.2, -0.15) is 18.3 Å². The van der Waals surface area contributed by atoms with Gasteiger partial charge in [0.05, 0.1) is 12.2 Å². The summed E-state index contributed by atoms with van der Waals surface area (Å²) in [6.07, 6.45) is -4.13. The summed E-state index contributed by atoms with van der Waals surface area (Å²) >= 11 is 5.85. The maximum Gasteiger partial charge on any atom is 0.435 e. The van der Waals surface area contributed by atoms with Crippen molar-refractivity contribution in [2.24, 2.45) is 0 Å². The van der Waals surface area contributed by atoms with Crippen LogP contribution in [-0.4, -0.2) is 30.9 Å². The summed E-state index contributed by atoms with van der Waals surface area (Å²) in [7, 11) is 0. The Kier molecular flexibility index (Phi) is 5.49. The molecule has 0 aliphatic carbocycles. The molecule has 3 rings (SSSR count). The smallest absolute Gasteiger partial charge is 0.396 e. The third-order valence-corrected chi connectivity index (χ3v) is 4.79. The Bertz CT molecular complexity index is 1080. The van der Waals surface area contributed by atoms with Crippen molar-refractivity contribution in [1.82, 2.24) is 19.2 Å². The largest absolute Gasteiger partial charge is 0.435 e. The minimum Gasteiger partial charge on any atom is -0.396 e. The Morgan fingerprint density at radius 2 is 2.00 bits per heavy atom. The second-order valence-corrected chi connectivity index (χ2v) is 6.99. The highest BCUT2D eigenvalue weighted by molar-refractivity contribution is 6.29. The van der Waals surface area contributed by atoms with Crippen LogP contribution in [0.25, 0.3) is 5.65 Å². The van der Waals surface area contributed by atoms with Crippen molar-refractivity contribution in [1.29, 1.82) is 0 Å². The highest BCUT2D eigenvalue weighted by Gasteiger charge is 2.34. The summed E-state index contributed by atoms with van der Waals surface area (Å²) in [5.74, 6) is -0.0750. The molecule has 0 aliphatic heterocycles. The van der Waals surface area contributed by atoms with E-state index >= 15 is 0 Å². The van der Waals surface area contributed by atoms with Crippen LogP contribution in [0.4, 0.5) is 13.2 Å². The maximum absolute atomic E-state index is 12.8. The van der Waals surface area contributed by atoms with E-state index in [-0.39, 0.29) is 35.5 Å². The highest BCUT2D eigenvalue weighted by Crippen LogP contribution is 2.30. The molecule has 3 aromatic rings. The molecule has 0 saturated heterocycles. The van der Waals surface area contributed by atoms with Crippen molar-refractivity contribution in [3.05, 3.63) is 62.4 Å². The van der Waals surface area contributed by atoms with Gasteiger partial charge in [0.1, 0.15) is 10.8 Å². The fourth-order valence-electron chi connectivity index (χ4n) is 3.18. The van der Waals surface area contributed by atoms with Gasteiger partial charge in [0.25, 0.3) is 5.56 Å². The van der Waals surface area contributed by atoms with Crippen molar-refractivity contribution >= 4 is 17.2 Å². The molecule has 0 radical (unpaired) electrons. The molecule has 10 heteroatoms. The molecule has 0 spiro atoms. The number of nitrogens with zero attached hydrogens (tertiary/aromatic N) is 4. The van der Waals surface area contributed by atoms with Gasteiger partial charge in [0, 0.05) is 24.4 Å². The maximum atomic E-state index is 12.8. The average molecular weight is 415 g/mol. The van der Waals surface area contributed by atoms with Gasteiger partial charge in [-0.3, -0.25) is 9.20 Å². The first-order chi connectivity index (χ1) is 13.1. The fourth-order valence-corrected chi connectivity index (χ4v) is 3.38. The Morgan fingerprint density at radius 1 is 1.29 bits per heavy atom. The zero-order chi connectivity index (χ0) is 20.6. The second-order valence-electron chi connectivity index (χ2n) is 6.60. The van der Waals surface area contributed by atoms with Gasteiger partial charge >= 0.3 is 6.18 Å². The Morgan fingerprint density at radius 3 is 2.61 bits per heavy atom. The van der Waals surface area contributed by atoms with Crippen molar-refractivity contribution in [3.8, 4) is 0 Å². The van der Waals surface area contributed by atoms with Crippen molar-refractivity contribution in [2.75, 3.05) is 6.61 Å². The predicted octanol–water partition coefficient (Wildman–Crippen LogP) is 3.41. The number of halogens is 4. The summed E-state index contributed by atoms with van der Waals surface area (Å²) in [5, 5.41) is 12.5. The van der Waals surface area contributed by atoms with Crippen molar-refractivity contribution in [3.63, 3.8) is 0 Å². The van der Waals surface area contributed by atoms with Gasteiger partial charge in [0.15, 0.2) is 5.69 Å². The first kappa shape index (κ1) is 20.3. The number of alkyl halides is 3. The first-order valence-electron chi connectivity index (χ1n) is 8.55. The lowest BCUT2D eigenvalue weighted by Gasteiger charge is -2.17. The third-order valence-electron chi connectivity index (χ3n) is 4.49. The van der Waals surface area contributed by atoms with Gasteiger partial charge in [-0.25, -0.2) is 9.67 Å². The molecular weight excluding hydrogens is 397 g/mol. The van der Waals surface area contributed by atoms with Crippen molar-refractivity contribution in [2.45, 2.75) is 38.9 Å². The number of aliphatic hydroxyl groups is 1. The molecule has 1 atom stereocenters. The Balaban J connectivity index is 2.05. The van der Waals surface area contributed by atoms with E-state index in [4.69, 9.17) is 11.6 Å². The molecule has 0 amide bonds. The molecule has 0 unspecified atom stereocenters. The van der Waals surface area contributed by atoms with Crippen LogP contribution in [0.1, 0.15) is 41.9 Å².